The number of hydrogen-bond acceptors (Lipinski definition) is 2. The molecule has 96 valence electrons. The van der Waals surface area contributed by atoms with Gasteiger partial charge >= 0.3 is 0 Å². The second kappa shape index (κ2) is 4.63. The first kappa shape index (κ1) is 11.6. The highest BCUT2D eigenvalue weighted by Gasteiger charge is 2.39. The molecular formula is C15H20N2O. The molecule has 3 rings (SSSR count). The average molecular weight is 244 g/mol. The van der Waals surface area contributed by atoms with Gasteiger partial charge in [0.1, 0.15) is 11.6 Å². The fourth-order valence-corrected chi connectivity index (χ4v) is 3.59. The van der Waals surface area contributed by atoms with Crippen molar-refractivity contribution in [1.82, 2.24) is 0 Å². The highest BCUT2D eigenvalue weighted by molar-refractivity contribution is 5.97. The molecule has 2 aliphatic carbocycles. The Morgan fingerprint density at radius 1 is 1.28 bits per heavy atom. The van der Waals surface area contributed by atoms with Gasteiger partial charge in [-0.15, -0.1) is 0 Å². The average Bonchev–Trinajstić information content (AvgIpc) is 2.98. The predicted molar refractivity (Wildman–Crippen MR) is 71.9 cm³/mol. The molecule has 0 aliphatic heterocycles. The Bertz CT molecular complexity index is 458. The lowest BCUT2D eigenvalue weighted by Crippen LogP contribution is -2.20. The minimum atomic E-state index is 0.0820. The number of rotatable bonds is 4. The molecular weight excluding hydrogens is 224 g/mol. The number of para-hydroxylation sites is 1. The predicted octanol–water partition coefficient (Wildman–Crippen LogP) is 2.79. The molecule has 18 heavy (non-hydrogen) atoms. The van der Waals surface area contributed by atoms with E-state index >= 15 is 0 Å². The first-order valence-corrected chi connectivity index (χ1v) is 6.80. The molecule has 2 aliphatic rings. The summed E-state index contributed by atoms with van der Waals surface area (Å²) in [6.07, 6.45) is 5.54. The molecule has 1 aromatic rings. The third kappa shape index (κ3) is 2.09. The molecule has 0 aromatic heterocycles. The van der Waals surface area contributed by atoms with Crippen LogP contribution < -0.4 is 10.5 Å². The Morgan fingerprint density at radius 3 is 2.78 bits per heavy atom. The maximum atomic E-state index is 7.54. The Labute approximate surface area is 108 Å². The normalized spacial score (nSPS) is 29.4. The Morgan fingerprint density at radius 2 is 2.11 bits per heavy atom. The van der Waals surface area contributed by atoms with Crippen LogP contribution in [0.1, 0.15) is 31.2 Å². The van der Waals surface area contributed by atoms with Gasteiger partial charge in [-0.3, -0.25) is 5.41 Å². The molecule has 3 heteroatoms. The van der Waals surface area contributed by atoms with Crippen molar-refractivity contribution in [2.24, 2.45) is 23.5 Å². The Kier molecular flexibility index (Phi) is 2.98. The molecule has 0 spiro atoms. The van der Waals surface area contributed by atoms with Crippen LogP contribution in [-0.2, 0) is 0 Å². The van der Waals surface area contributed by atoms with E-state index in [0.717, 1.165) is 24.2 Å². The van der Waals surface area contributed by atoms with Crippen LogP contribution in [0.2, 0.25) is 0 Å². The Hall–Kier alpha value is -1.51. The fraction of sp³-hybridized carbons (Fsp3) is 0.533. The van der Waals surface area contributed by atoms with Gasteiger partial charge in [0, 0.05) is 0 Å². The molecule has 2 bridgehead atoms. The van der Waals surface area contributed by atoms with Gasteiger partial charge in [-0.05, 0) is 49.1 Å². The Balaban J connectivity index is 1.65. The van der Waals surface area contributed by atoms with Crippen LogP contribution >= 0.6 is 0 Å². The molecule has 2 fully saturated rings. The van der Waals surface area contributed by atoms with E-state index in [2.05, 4.69) is 0 Å². The number of benzene rings is 1. The van der Waals surface area contributed by atoms with Crippen molar-refractivity contribution < 1.29 is 4.74 Å². The molecule has 3 nitrogen and oxygen atoms in total. The minimum Gasteiger partial charge on any atom is -0.493 e. The van der Waals surface area contributed by atoms with Crippen molar-refractivity contribution in [3.63, 3.8) is 0 Å². The number of hydrogen-bond donors (Lipinski definition) is 2. The van der Waals surface area contributed by atoms with E-state index in [1.54, 1.807) is 0 Å². The highest BCUT2D eigenvalue weighted by atomic mass is 16.5. The summed E-state index contributed by atoms with van der Waals surface area (Å²) >= 11 is 0. The van der Waals surface area contributed by atoms with Crippen LogP contribution in [0.15, 0.2) is 24.3 Å². The zero-order valence-electron chi connectivity index (χ0n) is 10.6. The number of fused-ring (bicyclic) bond motifs is 2. The van der Waals surface area contributed by atoms with E-state index in [9.17, 15) is 0 Å². The van der Waals surface area contributed by atoms with Crippen molar-refractivity contribution in [3.05, 3.63) is 29.8 Å². The first-order valence-electron chi connectivity index (χ1n) is 6.80. The molecule has 0 heterocycles. The number of amidine groups is 1. The molecule has 0 saturated heterocycles. The summed E-state index contributed by atoms with van der Waals surface area (Å²) in [6, 6.07) is 7.58. The van der Waals surface area contributed by atoms with E-state index in [-0.39, 0.29) is 5.84 Å². The zero-order chi connectivity index (χ0) is 12.5. The molecule has 3 N–H and O–H groups in total. The fourth-order valence-electron chi connectivity index (χ4n) is 3.59. The number of nitrogen functional groups attached to an aromatic ring is 1. The molecule has 0 amide bonds. The SMILES string of the molecule is N=C(N)c1ccccc1OCC1CC2CCC1C2. The van der Waals surface area contributed by atoms with Crippen LogP contribution in [0.25, 0.3) is 0 Å². The maximum absolute atomic E-state index is 7.54. The summed E-state index contributed by atoms with van der Waals surface area (Å²) < 4.78 is 5.91. The van der Waals surface area contributed by atoms with Gasteiger partial charge in [-0.2, -0.15) is 0 Å². The summed E-state index contributed by atoms with van der Waals surface area (Å²) in [7, 11) is 0. The quantitative estimate of drug-likeness (QED) is 0.632. The first-order chi connectivity index (χ1) is 8.74. The monoisotopic (exact) mass is 244 g/mol. The summed E-state index contributed by atoms with van der Waals surface area (Å²) in [5, 5.41) is 7.54. The van der Waals surface area contributed by atoms with Gasteiger partial charge in [-0.25, -0.2) is 0 Å². The van der Waals surface area contributed by atoms with Gasteiger partial charge in [0.25, 0.3) is 0 Å². The van der Waals surface area contributed by atoms with E-state index in [0.29, 0.717) is 11.5 Å². The van der Waals surface area contributed by atoms with Crippen molar-refractivity contribution in [2.45, 2.75) is 25.7 Å². The van der Waals surface area contributed by atoms with Crippen molar-refractivity contribution >= 4 is 5.84 Å². The summed E-state index contributed by atoms with van der Waals surface area (Å²) in [4.78, 5) is 0. The van der Waals surface area contributed by atoms with E-state index in [1.807, 2.05) is 24.3 Å². The van der Waals surface area contributed by atoms with E-state index < -0.39 is 0 Å². The van der Waals surface area contributed by atoms with Gasteiger partial charge in [0.2, 0.25) is 0 Å². The lowest BCUT2D eigenvalue weighted by atomic mass is 9.89. The van der Waals surface area contributed by atoms with Crippen LogP contribution in [-0.4, -0.2) is 12.4 Å². The smallest absolute Gasteiger partial charge is 0.130 e. The molecule has 3 atom stereocenters. The molecule has 2 saturated carbocycles. The third-order valence-corrected chi connectivity index (χ3v) is 4.51. The lowest BCUT2D eigenvalue weighted by molar-refractivity contribution is 0.195. The van der Waals surface area contributed by atoms with Crippen LogP contribution in [0.4, 0.5) is 0 Å². The van der Waals surface area contributed by atoms with Crippen LogP contribution in [0, 0.1) is 23.2 Å². The topological polar surface area (TPSA) is 59.1 Å². The number of nitrogens with one attached hydrogen (secondary N) is 1. The van der Waals surface area contributed by atoms with Crippen LogP contribution in [0.3, 0.4) is 0 Å². The summed E-state index contributed by atoms with van der Waals surface area (Å²) in [5.74, 6) is 3.38. The van der Waals surface area contributed by atoms with Crippen molar-refractivity contribution in [1.29, 1.82) is 5.41 Å². The number of ether oxygens (including phenoxy) is 1. The van der Waals surface area contributed by atoms with Gasteiger partial charge in [0.15, 0.2) is 0 Å². The van der Waals surface area contributed by atoms with E-state index in [1.165, 1.54) is 25.7 Å². The molecule has 3 unspecified atom stereocenters. The van der Waals surface area contributed by atoms with Gasteiger partial charge in [-0.1, -0.05) is 18.6 Å². The second-order valence-corrected chi connectivity index (χ2v) is 5.66. The standard InChI is InChI=1S/C15H20N2O/c16-15(17)13-3-1-2-4-14(13)18-9-12-8-10-5-6-11(12)7-10/h1-4,10-12H,5-9H2,(H3,16,17). The molecule has 0 radical (unpaired) electrons. The third-order valence-electron chi connectivity index (χ3n) is 4.51. The zero-order valence-corrected chi connectivity index (χ0v) is 10.6. The lowest BCUT2D eigenvalue weighted by Gasteiger charge is -2.22. The molecule has 1 aromatic carbocycles. The van der Waals surface area contributed by atoms with Gasteiger partial charge in [0.05, 0.1) is 12.2 Å². The summed E-state index contributed by atoms with van der Waals surface area (Å²) in [6.45, 7) is 0.783. The maximum Gasteiger partial charge on any atom is 0.130 e. The number of nitrogens with two attached hydrogens (primary N) is 1. The van der Waals surface area contributed by atoms with Crippen molar-refractivity contribution in [2.75, 3.05) is 6.61 Å². The van der Waals surface area contributed by atoms with Crippen molar-refractivity contribution in [3.8, 4) is 5.75 Å². The van der Waals surface area contributed by atoms with E-state index in [4.69, 9.17) is 15.9 Å². The summed E-state index contributed by atoms with van der Waals surface area (Å²) in [5.41, 5.74) is 6.27. The van der Waals surface area contributed by atoms with Crippen LogP contribution in [0.5, 0.6) is 5.75 Å². The second-order valence-electron chi connectivity index (χ2n) is 5.66. The van der Waals surface area contributed by atoms with Gasteiger partial charge < -0.3 is 10.5 Å². The minimum absolute atomic E-state index is 0.0820. The largest absolute Gasteiger partial charge is 0.493 e. The highest BCUT2D eigenvalue weighted by Crippen LogP contribution is 2.48.